The van der Waals surface area contributed by atoms with Crippen LogP contribution in [0.15, 0.2) is 24.3 Å². The van der Waals surface area contributed by atoms with Crippen molar-refractivity contribution in [3.63, 3.8) is 0 Å². The molecule has 0 unspecified atom stereocenters. The molecular weight excluding hydrogens is 341 g/mol. The third-order valence-electron chi connectivity index (χ3n) is 1.66. The van der Waals surface area contributed by atoms with Gasteiger partial charge in [0.15, 0.2) is 5.78 Å². The van der Waals surface area contributed by atoms with Crippen molar-refractivity contribution in [2.75, 3.05) is 5.33 Å². The number of halogens is 5. The van der Waals surface area contributed by atoms with E-state index in [1.165, 1.54) is 12.1 Å². The number of hydrogen-bond acceptors (Lipinski definition) is 1. The van der Waals surface area contributed by atoms with Gasteiger partial charge in [0, 0.05) is 5.56 Å². The highest BCUT2D eigenvalue weighted by Gasteiger charge is 2.30. The van der Waals surface area contributed by atoms with Crippen molar-refractivity contribution in [1.82, 2.24) is 0 Å². The van der Waals surface area contributed by atoms with Gasteiger partial charge < -0.3 is 0 Å². The highest BCUT2D eigenvalue weighted by molar-refractivity contribution is 9.09. The van der Waals surface area contributed by atoms with E-state index in [4.69, 9.17) is 0 Å². The Bertz CT molecular complexity index is 332. The Hall–Kier alpha value is -0.360. The van der Waals surface area contributed by atoms with Gasteiger partial charge in [-0.2, -0.15) is 13.2 Å². The molecule has 0 saturated carbocycles. The zero-order valence-corrected chi connectivity index (χ0v) is 10.6. The van der Waals surface area contributed by atoms with Gasteiger partial charge in [-0.25, -0.2) is 0 Å². The number of carbonyl (C=O) groups is 1. The first kappa shape index (κ1) is 14.6. The Balaban J connectivity index is 0.00000196. The summed E-state index contributed by atoms with van der Waals surface area (Å²) in [6.45, 7) is 0. The van der Waals surface area contributed by atoms with E-state index in [2.05, 4.69) is 15.9 Å². The lowest BCUT2D eigenvalue weighted by atomic mass is 10.1. The lowest BCUT2D eigenvalue weighted by molar-refractivity contribution is -0.137. The minimum Gasteiger partial charge on any atom is -0.293 e. The molecule has 1 aromatic carbocycles. The van der Waals surface area contributed by atoms with Crippen LogP contribution in [0.4, 0.5) is 13.2 Å². The van der Waals surface area contributed by atoms with E-state index in [1.807, 2.05) is 0 Å². The zero-order valence-electron chi connectivity index (χ0n) is 7.34. The third kappa shape index (κ3) is 3.95. The molecule has 0 fully saturated rings. The van der Waals surface area contributed by atoms with Crippen molar-refractivity contribution in [2.45, 2.75) is 6.18 Å². The fourth-order valence-electron chi connectivity index (χ4n) is 0.922. The number of rotatable bonds is 2. The standard InChI is InChI=1S/C9H6BrF3O.BrH/c10-5-8(14)6-1-3-7(4-2-6)9(11,12)13;/h1-4H,5H2;1H. The molecule has 0 aliphatic carbocycles. The van der Waals surface area contributed by atoms with Crippen LogP contribution in [-0.4, -0.2) is 11.1 Å². The monoisotopic (exact) mass is 346 g/mol. The molecule has 0 aliphatic rings. The number of carbonyl (C=O) groups excluding carboxylic acids is 1. The second kappa shape index (κ2) is 5.65. The molecule has 0 heterocycles. The van der Waals surface area contributed by atoms with E-state index in [1.54, 1.807) is 0 Å². The first-order valence-corrected chi connectivity index (χ1v) is 4.83. The highest BCUT2D eigenvalue weighted by Crippen LogP contribution is 2.29. The maximum atomic E-state index is 12.1. The Morgan fingerprint density at radius 3 is 2.00 bits per heavy atom. The predicted octanol–water partition coefficient (Wildman–Crippen LogP) is 3.86. The molecule has 0 aromatic heterocycles. The molecule has 15 heavy (non-hydrogen) atoms. The van der Waals surface area contributed by atoms with Gasteiger partial charge in [-0.1, -0.05) is 28.1 Å². The summed E-state index contributed by atoms with van der Waals surface area (Å²) in [5.74, 6) is -0.237. The number of alkyl halides is 4. The van der Waals surface area contributed by atoms with Crippen molar-refractivity contribution >= 4 is 38.7 Å². The first-order valence-electron chi connectivity index (χ1n) is 3.71. The Kier molecular flexibility index (Phi) is 5.51. The fourth-order valence-corrected chi connectivity index (χ4v) is 1.25. The molecule has 0 atom stereocenters. The number of benzene rings is 1. The summed E-state index contributed by atoms with van der Waals surface area (Å²) >= 11 is 2.94. The van der Waals surface area contributed by atoms with E-state index in [0.29, 0.717) is 0 Å². The van der Waals surface area contributed by atoms with Gasteiger partial charge in [0.2, 0.25) is 0 Å². The average molecular weight is 348 g/mol. The molecule has 0 radical (unpaired) electrons. The van der Waals surface area contributed by atoms with Crippen LogP contribution in [0.25, 0.3) is 0 Å². The van der Waals surface area contributed by atoms with E-state index in [-0.39, 0.29) is 33.7 Å². The molecule has 1 rings (SSSR count). The summed E-state index contributed by atoms with van der Waals surface area (Å²) in [6, 6.07) is 4.14. The zero-order chi connectivity index (χ0) is 10.8. The highest BCUT2D eigenvalue weighted by atomic mass is 79.9. The Morgan fingerprint density at radius 1 is 1.20 bits per heavy atom. The minimum absolute atomic E-state index is 0. The summed E-state index contributed by atoms with van der Waals surface area (Å²) in [6.07, 6.45) is -4.35. The molecule has 84 valence electrons. The quantitative estimate of drug-likeness (QED) is 0.586. The molecule has 0 N–H and O–H groups in total. The van der Waals surface area contributed by atoms with Crippen LogP contribution < -0.4 is 0 Å². The van der Waals surface area contributed by atoms with Crippen LogP contribution in [0, 0.1) is 0 Å². The number of ketones is 1. The Morgan fingerprint density at radius 2 is 1.67 bits per heavy atom. The molecule has 1 aromatic rings. The van der Waals surface area contributed by atoms with Gasteiger partial charge >= 0.3 is 6.18 Å². The molecule has 1 nitrogen and oxygen atoms in total. The van der Waals surface area contributed by atoms with Crippen LogP contribution in [0.2, 0.25) is 0 Å². The maximum absolute atomic E-state index is 12.1. The van der Waals surface area contributed by atoms with Crippen molar-refractivity contribution < 1.29 is 18.0 Å². The summed E-state index contributed by atoms with van der Waals surface area (Å²) in [5.41, 5.74) is -0.474. The number of hydrogen-bond donors (Lipinski definition) is 0. The molecule has 6 heteroatoms. The first-order chi connectivity index (χ1) is 6.45. The van der Waals surface area contributed by atoms with Gasteiger partial charge in [-0.3, -0.25) is 4.79 Å². The van der Waals surface area contributed by atoms with Crippen molar-refractivity contribution in [3.8, 4) is 0 Å². The van der Waals surface area contributed by atoms with Crippen LogP contribution in [0.1, 0.15) is 15.9 Å². The van der Waals surface area contributed by atoms with Gasteiger partial charge in [0.1, 0.15) is 0 Å². The summed E-state index contributed by atoms with van der Waals surface area (Å²) in [5, 5.41) is 0.109. The van der Waals surface area contributed by atoms with E-state index < -0.39 is 11.7 Å². The fraction of sp³-hybridized carbons (Fsp3) is 0.222. The lowest BCUT2D eigenvalue weighted by Gasteiger charge is -2.06. The summed E-state index contributed by atoms with van der Waals surface area (Å²) in [7, 11) is 0. The predicted molar refractivity (Wildman–Crippen MR) is 59.9 cm³/mol. The normalized spacial score (nSPS) is 10.7. The van der Waals surface area contributed by atoms with Crippen molar-refractivity contribution in [1.29, 1.82) is 0 Å². The van der Waals surface area contributed by atoms with Crippen molar-refractivity contribution in [2.24, 2.45) is 0 Å². The van der Waals surface area contributed by atoms with Crippen LogP contribution in [-0.2, 0) is 6.18 Å². The topological polar surface area (TPSA) is 17.1 Å². The largest absolute Gasteiger partial charge is 0.416 e. The molecule has 0 saturated heterocycles. The maximum Gasteiger partial charge on any atom is 0.416 e. The summed E-state index contributed by atoms with van der Waals surface area (Å²) in [4.78, 5) is 11.0. The molecule has 0 bridgehead atoms. The van der Waals surface area contributed by atoms with E-state index in [9.17, 15) is 18.0 Å². The van der Waals surface area contributed by atoms with Crippen LogP contribution in [0.5, 0.6) is 0 Å². The summed E-state index contributed by atoms with van der Waals surface area (Å²) < 4.78 is 36.3. The second-order valence-electron chi connectivity index (χ2n) is 2.63. The average Bonchev–Trinajstić information content (AvgIpc) is 2.15. The van der Waals surface area contributed by atoms with Crippen molar-refractivity contribution in [3.05, 3.63) is 35.4 Å². The van der Waals surface area contributed by atoms with Crippen LogP contribution in [0.3, 0.4) is 0 Å². The van der Waals surface area contributed by atoms with Gasteiger partial charge in [-0.05, 0) is 12.1 Å². The van der Waals surface area contributed by atoms with E-state index in [0.717, 1.165) is 12.1 Å². The number of Topliss-reactive ketones (excluding diaryl/α,β-unsaturated/α-hetero) is 1. The van der Waals surface area contributed by atoms with Gasteiger partial charge in [0.05, 0.1) is 10.9 Å². The molecular formula is C9H7Br2F3O. The minimum atomic E-state index is -4.35. The molecule has 0 spiro atoms. The van der Waals surface area contributed by atoms with Crippen LogP contribution >= 0.6 is 32.9 Å². The second-order valence-corrected chi connectivity index (χ2v) is 3.19. The smallest absolute Gasteiger partial charge is 0.293 e. The third-order valence-corrected chi connectivity index (χ3v) is 2.16. The Labute approximate surface area is 104 Å². The molecule has 0 aliphatic heterocycles. The lowest BCUT2D eigenvalue weighted by Crippen LogP contribution is -2.06. The SMILES string of the molecule is Br.O=C(CBr)c1ccc(C(F)(F)F)cc1. The van der Waals surface area contributed by atoms with E-state index >= 15 is 0 Å². The van der Waals surface area contributed by atoms with Gasteiger partial charge in [0.25, 0.3) is 0 Å². The molecule has 0 amide bonds. The van der Waals surface area contributed by atoms with Gasteiger partial charge in [-0.15, -0.1) is 17.0 Å².